The molecule has 132 valence electrons. The lowest BCUT2D eigenvalue weighted by Crippen LogP contribution is -2.20. The van der Waals surface area contributed by atoms with Crippen LogP contribution in [0.5, 0.6) is 0 Å². The number of hydrogen-bond donors (Lipinski definition) is 3. The normalized spacial score (nSPS) is 13.3. The van der Waals surface area contributed by atoms with Crippen molar-refractivity contribution < 1.29 is 14.0 Å². The Kier molecular flexibility index (Phi) is 4.16. The van der Waals surface area contributed by atoms with Gasteiger partial charge >= 0.3 is 0 Å². The molecule has 0 atom stereocenters. The second-order valence-electron chi connectivity index (χ2n) is 6.45. The molecule has 1 aromatic heterocycles. The summed E-state index contributed by atoms with van der Waals surface area (Å²) in [4.78, 5) is 26.9. The van der Waals surface area contributed by atoms with Crippen molar-refractivity contribution in [2.24, 2.45) is 0 Å². The van der Waals surface area contributed by atoms with Crippen molar-refractivity contribution in [3.05, 3.63) is 59.5 Å². The van der Waals surface area contributed by atoms with E-state index in [0.717, 1.165) is 22.0 Å². The van der Waals surface area contributed by atoms with Crippen molar-refractivity contribution in [2.75, 3.05) is 10.6 Å². The summed E-state index contributed by atoms with van der Waals surface area (Å²) >= 11 is 0. The van der Waals surface area contributed by atoms with Gasteiger partial charge in [0.1, 0.15) is 5.82 Å². The summed E-state index contributed by atoms with van der Waals surface area (Å²) in [6.45, 7) is 0. The van der Waals surface area contributed by atoms with Gasteiger partial charge in [-0.05, 0) is 42.2 Å². The molecule has 5 nitrogen and oxygen atoms in total. The SMILES string of the molecule is O=C(CCc1c[nH]c2ccccc12)Nc1cc2c(cc1F)CCC(=O)N2. The average molecular weight is 351 g/mol. The van der Waals surface area contributed by atoms with E-state index in [-0.39, 0.29) is 23.9 Å². The van der Waals surface area contributed by atoms with Crippen LogP contribution in [0.25, 0.3) is 10.9 Å². The van der Waals surface area contributed by atoms with Gasteiger partial charge in [-0.15, -0.1) is 0 Å². The van der Waals surface area contributed by atoms with Gasteiger partial charge < -0.3 is 15.6 Å². The van der Waals surface area contributed by atoms with Crippen molar-refractivity contribution in [3.63, 3.8) is 0 Å². The third kappa shape index (κ3) is 3.18. The highest BCUT2D eigenvalue weighted by Crippen LogP contribution is 2.29. The van der Waals surface area contributed by atoms with Crippen molar-refractivity contribution in [2.45, 2.75) is 25.7 Å². The molecule has 0 fully saturated rings. The van der Waals surface area contributed by atoms with Crippen LogP contribution in [0.4, 0.5) is 15.8 Å². The maximum absolute atomic E-state index is 14.2. The molecule has 0 bridgehead atoms. The standard InChI is InChI=1S/C20H18FN3O2/c21-15-9-12-5-7-19(25)23-17(12)10-18(15)24-20(26)8-6-13-11-22-16-4-2-1-3-14(13)16/h1-4,9-11,22H,5-8H2,(H,23,25)(H,24,26). The predicted octanol–water partition coefficient (Wildman–Crippen LogP) is 3.76. The molecular weight excluding hydrogens is 333 g/mol. The number of anilines is 2. The minimum absolute atomic E-state index is 0.0925. The first-order valence-electron chi connectivity index (χ1n) is 8.57. The number of aromatic amines is 1. The van der Waals surface area contributed by atoms with Crippen molar-refractivity contribution in [1.29, 1.82) is 0 Å². The van der Waals surface area contributed by atoms with E-state index in [4.69, 9.17) is 0 Å². The fourth-order valence-electron chi connectivity index (χ4n) is 3.29. The maximum Gasteiger partial charge on any atom is 0.224 e. The number of aromatic nitrogens is 1. The van der Waals surface area contributed by atoms with Crippen molar-refractivity contribution in [3.8, 4) is 0 Å². The molecule has 3 aromatic rings. The van der Waals surface area contributed by atoms with Gasteiger partial charge in [-0.2, -0.15) is 0 Å². The molecule has 0 saturated carbocycles. The van der Waals surface area contributed by atoms with Gasteiger partial charge in [0, 0.05) is 35.6 Å². The Balaban J connectivity index is 1.45. The Bertz CT molecular complexity index is 1010. The quantitative estimate of drug-likeness (QED) is 0.669. The molecule has 2 amide bonds. The number of rotatable bonds is 4. The molecule has 26 heavy (non-hydrogen) atoms. The van der Waals surface area contributed by atoms with Gasteiger partial charge in [0.15, 0.2) is 0 Å². The van der Waals surface area contributed by atoms with Crippen LogP contribution in [0.2, 0.25) is 0 Å². The Morgan fingerprint density at radius 3 is 2.92 bits per heavy atom. The lowest BCUT2D eigenvalue weighted by Gasteiger charge is -2.18. The second-order valence-corrected chi connectivity index (χ2v) is 6.45. The molecule has 1 aliphatic rings. The first kappa shape index (κ1) is 16.3. The average Bonchev–Trinajstić information content (AvgIpc) is 3.04. The number of aryl methyl sites for hydroxylation is 2. The van der Waals surface area contributed by atoms with Crippen LogP contribution in [0.1, 0.15) is 24.0 Å². The van der Waals surface area contributed by atoms with Crippen LogP contribution in [-0.2, 0) is 22.4 Å². The second kappa shape index (κ2) is 6.63. The van der Waals surface area contributed by atoms with Crippen molar-refractivity contribution >= 4 is 34.1 Å². The molecule has 0 radical (unpaired) electrons. The lowest BCUT2D eigenvalue weighted by molar-refractivity contribution is -0.117. The van der Waals surface area contributed by atoms with Crippen LogP contribution in [-0.4, -0.2) is 16.8 Å². The van der Waals surface area contributed by atoms with Crippen LogP contribution in [0.15, 0.2) is 42.6 Å². The zero-order valence-corrected chi connectivity index (χ0v) is 14.1. The Morgan fingerprint density at radius 2 is 2.04 bits per heavy atom. The van der Waals surface area contributed by atoms with Crippen LogP contribution < -0.4 is 10.6 Å². The fraction of sp³-hybridized carbons (Fsp3) is 0.200. The number of nitrogens with one attached hydrogen (secondary N) is 3. The molecule has 1 aliphatic heterocycles. The van der Waals surface area contributed by atoms with E-state index in [2.05, 4.69) is 15.6 Å². The monoisotopic (exact) mass is 351 g/mol. The van der Waals surface area contributed by atoms with Gasteiger partial charge in [0.2, 0.25) is 11.8 Å². The van der Waals surface area contributed by atoms with Gasteiger partial charge in [0.05, 0.1) is 5.69 Å². The van der Waals surface area contributed by atoms with Crippen LogP contribution >= 0.6 is 0 Å². The number of amides is 2. The summed E-state index contributed by atoms with van der Waals surface area (Å²) in [6.07, 6.45) is 3.55. The summed E-state index contributed by atoms with van der Waals surface area (Å²) < 4.78 is 14.2. The topological polar surface area (TPSA) is 74.0 Å². The summed E-state index contributed by atoms with van der Waals surface area (Å²) in [5, 5.41) is 6.41. The number of carbonyl (C=O) groups excluding carboxylic acids is 2. The van der Waals surface area contributed by atoms with Gasteiger partial charge in [-0.25, -0.2) is 4.39 Å². The first-order chi connectivity index (χ1) is 12.6. The maximum atomic E-state index is 14.2. The Labute approximate surface area is 149 Å². The van der Waals surface area contributed by atoms with Crippen molar-refractivity contribution in [1.82, 2.24) is 4.98 Å². The molecule has 6 heteroatoms. The molecule has 2 aromatic carbocycles. The highest BCUT2D eigenvalue weighted by atomic mass is 19.1. The third-order valence-electron chi connectivity index (χ3n) is 4.66. The summed E-state index contributed by atoms with van der Waals surface area (Å²) in [5.74, 6) is -0.850. The number of carbonyl (C=O) groups is 2. The summed E-state index contributed by atoms with van der Waals surface area (Å²) in [5.41, 5.74) is 3.48. The minimum Gasteiger partial charge on any atom is -0.361 e. The van der Waals surface area contributed by atoms with E-state index in [9.17, 15) is 14.0 Å². The molecule has 2 heterocycles. The highest BCUT2D eigenvalue weighted by Gasteiger charge is 2.18. The van der Waals surface area contributed by atoms with E-state index >= 15 is 0 Å². The molecule has 3 N–H and O–H groups in total. The lowest BCUT2D eigenvalue weighted by atomic mass is 10.0. The van der Waals surface area contributed by atoms with E-state index in [1.807, 2.05) is 30.5 Å². The molecule has 0 saturated heterocycles. The number of H-pyrrole nitrogens is 1. The minimum atomic E-state index is -0.486. The van der Waals surface area contributed by atoms with E-state index < -0.39 is 5.82 Å². The molecular formula is C20H18FN3O2. The van der Waals surface area contributed by atoms with Gasteiger partial charge in [-0.1, -0.05) is 18.2 Å². The molecule has 0 aliphatic carbocycles. The Morgan fingerprint density at radius 1 is 1.19 bits per heavy atom. The van der Waals surface area contributed by atoms with E-state index in [1.54, 1.807) is 0 Å². The fourth-order valence-corrected chi connectivity index (χ4v) is 3.29. The molecule has 0 unspecified atom stereocenters. The number of benzene rings is 2. The number of hydrogen-bond acceptors (Lipinski definition) is 2. The van der Waals surface area contributed by atoms with E-state index in [0.29, 0.717) is 24.9 Å². The number of halogens is 1. The first-order valence-corrected chi connectivity index (χ1v) is 8.57. The van der Waals surface area contributed by atoms with Gasteiger partial charge in [-0.3, -0.25) is 9.59 Å². The zero-order chi connectivity index (χ0) is 18.1. The van der Waals surface area contributed by atoms with E-state index in [1.165, 1.54) is 12.1 Å². The largest absolute Gasteiger partial charge is 0.361 e. The Hall–Kier alpha value is -3.15. The third-order valence-corrected chi connectivity index (χ3v) is 4.66. The predicted molar refractivity (Wildman–Crippen MR) is 98.6 cm³/mol. The van der Waals surface area contributed by atoms with Crippen LogP contribution in [0.3, 0.4) is 0 Å². The summed E-state index contributed by atoms with van der Waals surface area (Å²) in [7, 11) is 0. The summed E-state index contributed by atoms with van der Waals surface area (Å²) in [6, 6.07) is 10.8. The zero-order valence-electron chi connectivity index (χ0n) is 14.1. The van der Waals surface area contributed by atoms with Gasteiger partial charge in [0.25, 0.3) is 0 Å². The number of fused-ring (bicyclic) bond motifs is 2. The molecule has 4 rings (SSSR count). The van der Waals surface area contributed by atoms with Crippen LogP contribution in [0, 0.1) is 5.82 Å². The highest BCUT2D eigenvalue weighted by molar-refractivity contribution is 5.96. The molecule has 0 spiro atoms. The number of para-hydroxylation sites is 1. The smallest absolute Gasteiger partial charge is 0.224 e.